The summed E-state index contributed by atoms with van der Waals surface area (Å²) in [6.07, 6.45) is 4.98. The average Bonchev–Trinajstić information content (AvgIpc) is 2.76. The highest BCUT2D eigenvalue weighted by Crippen LogP contribution is 2.28. The molecule has 17 heavy (non-hydrogen) atoms. The molecule has 1 saturated heterocycles. The van der Waals surface area contributed by atoms with Crippen molar-refractivity contribution in [3.63, 3.8) is 0 Å². The van der Waals surface area contributed by atoms with Gasteiger partial charge in [-0.05, 0) is 26.7 Å². The maximum absolute atomic E-state index is 12.3. The van der Waals surface area contributed by atoms with Crippen LogP contribution in [0.2, 0.25) is 0 Å². The zero-order valence-electron chi connectivity index (χ0n) is 10.7. The third-order valence-corrected chi connectivity index (χ3v) is 3.77. The number of amides is 1. The number of nitrogens with zero attached hydrogens (tertiary/aromatic N) is 2. The van der Waals surface area contributed by atoms with Gasteiger partial charge in [0, 0.05) is 18.1 Å². The molecular weight excluding hydrogens is 214 g/mol. The number of piperazine rings is 1. The van der Waals surface area contributed by atoms with Gasteiger partial charge in [-0.3, -0.25) is 10.1 Å². The molecule has 0 aromatic rings. The van der Waals surface area contributed by atoms with Crippen LogP contribution in [0.25, 0.3) is 0 Å². The molecule has 1 heterocycles. The van der Waals surface area contributed by atoms with Crippen molar-refractivity contribution in [1.29, 1.82) is 5.26 Å². The fourth-order valence-electron chi connectivity index (χ4n) is 3.04. The molecule has 94 valence electrons. The lowest BCUT2D eigenvalue weighted by atomic mass is 9.95. The third kappa shape index (κ3) is 2.61. The van der Waals surface area contributed by atoms with E-state index < -0.39 is 0 Å². The van der Waals surface area contributed by atoms with Gasteiger partial charge in [-0.25, -0.2) is 0 Å². The summed E-state index contributed by atoms with van der Waals surface area (Å²) < 4.78 is 0. The molecule has 2 rings (SSSR count). The molecule has 2 aliphatic rings. The van der Waals surface area contributed by atoms with Gasteiger partial charge in [0.2, 0.25) is 5.91 Å². The van der Waals surface area contributed by atoms with Crippen molar-refractivity contribution in [2.45, 2.75) is 63.6 Å². The maximum Gasteiger partial charge on any atom is 0.241 e. The number of nitriles is 1. The van der Waals surface area contributed by atoms with Crippen molar-refractivity contribution in [3.05, 3.63) is 0 Å². The van der Waals surface area contributed by atoms with Crippen LogP contribution in [0.1, 0.15) is 46.0 Å². The van der Waals surface area contributed by atoms with Crippen LogP contribution in [0, 0.1) is 11.3 Å². The maximum atomic E-state index is 12.3. The molecule has 2 fully saturated rings. The second kappa shape index (κ2) is 4.66. The second-order valence-electron chi connectivity index (χ2n) is 5.85. The highest BCUT2D eigenvalue weighted by atomic mass is 16.2. The van der Waals surface area contributed by atoms with Crippen molar-refractivity contribution in [1.82, 2.24) is 10.2 Å². The summed E-state index contributed by atoms with van der Waals surface area (Å²) >= 11 is 0. The fourth-order valence-corrected chi connectivity index (χ4v) is 3.04. The summed E-state index contributed by atoms with van der Waals surface area (Å²) in [7, 11) is 0. The Bertz CT molecular complexity index is 339. The van der Waals surface area contributed by atoms with E-state index in [9.17, 15) is 4.79 Å². The molecule has 0 radical (unpaired) electrons. The lowest BCUT2D eigenvalue weighted by Gasteiger charge is -2.45. The van der Waals surface area contributed by atoms with Gasteiger partial charge in [-0.15, -0.1) is 0 Å². The molecule has 0 aromatic heterocycles. The van der Waals surface area contributed by atoms with E-state index in [1.54, 1.807) is 0 Å². The molecule has 1 amide bonds. The van der Waals surface area contributed by atoms with Crippen LogP contribution >= 0.6 is 0 Å². The van der Waals surface area contributed by atoms with Gasteiger partial charge in [-0.1, -0.05) is 12.8 Å². The van der Waals surface area contributed by atoms with E-state index in [4.69, 9.17) is 5.26 Å². The Morgan fingerprint density at radius 2 is 2.12 bits per heavy atom. The Balaban J connectivity index is 2.13. The first-order chi connectivity index (χ1) is 8.03. The molecule has 1 unspecified atom stereocenters. The molecule has 1 atom stereocenters. The number of hydrogen-bond donors (Lipinski definition) is 1. The van der Waals surface area contributed by atoms with Crippen LogP contribution in [0.15, 0.2) is 0 Å². The predicted octanol–water partition coefficient (Wildman–Crippen LogP) is 1.42. The van der Waals surface area contributed by atoms with Crippen molar-refractivity contribution in [2.24, 2.45) is 0 Å². The van der Waals surface area contributed by atoms with Gasteiger partial charge in [0.1, 0.15) is 6.04 Å². The number of carbonyl (C=O) groups is 1. The van der Waals surface area contributed by atoms with Crippen LogP contribution in [0.4, 0.5) is 0 Å². The quantitative estimate of drug-likeness (QED) is 0.787. The summed E-state index contributed by atoms with van der Waals surface area (Å²) in [6.45, 7) is 4.97. The lowest BCUT2D eigenvalue weighted by Crippen LogP contribution is -2.66. The summed E-state index contributed by atoms with van der Waals surface area (Å²) in [6, 6.07) is 2.20. The largest absolute Gasteiger partial charge is 0.337 e. The minimum Gasteiger partial charge on any atom is -0.337 e. The minimum absolute atomic E-state index is 0.0853. The Kier molecular flexibility index (Phi) is 3.39. The number of carbonyl (C=O) groups excluding carboxylic acids is 1. The summed E-state index contributed by atoms with van der Waals surface area (Å²) in [5.41, 5.74) is -0.0853. The topological polar surface area (TPSA) is 56.1 Å². The molecule has 0 aromatic carbocycles. The van der Waals surface area contributed by atoms with Crippen molar-refractivity contribution >= 4 is 5.91 Å². The van der Waals surface area contributed by atoms with Crippen molar-refractivity contribution < 1.29 is 4.79 Å². The first-order valence-corrected chi connectivity index (χ1v) is 6.48. The van der Waals surface area contributed by atoms with Gasteiger partial charge >= 0.3 is 0 Å². The minimum atomic E-state index is -0.315. The zero-order chi connectivity index (χ0) is 12.5. The monoisotopic (exact) mass is 235 g/mol. The number of nitrogens with one attached hydrogen (secondary N) is 1. The third-order valence-electron chi connectivity index (χ3n) is 3.77. The normalized spacial score (nSPS) is 29.4. The van der Waals surface area contributed by atoms with Crippen molar-refractivity contribution in [2.75, 3.05) is 6.54 Å². The molecule has 1 saturated carbocycles. The Hall–Kier alpha value is -1.08. The number of rotatable bonds is 2. The van der Waals surface area contributed by atoms with E-state index in [0.29, 0.717) is 6.04 Å². The van der Waals surface area contributed by atoms with E-state index in [1.165, 1.54) is 12.8 Å². The fraction of sp³-hybridized carbons (Fsp3) is 0.846. The van der Waals surface area contributed by atoms with Gasteiger partial charge in [0.05, 0.1) is 12.5 Å². The molecule has 0 bridgehead atoms. The first kappa shape index (κ1) is 12.4. The SMILES string of the molecule is CC1(C)CN(C2CCCC2)C(=O)C(CC#N)N1. The summed E-state index contributed by atoms with van der Waals surface area (Å²) in [4.78, 5) is 14.3. The second-order valence-corrected chi connectivity index (χ2v) is 5.85. The molecule has 1 aliphatic carbocycles. The van der Waals surface area contributed by atoms with Gasteiger partial charge in [-0.2, -0.15) is 5.26 Å². The molecule has 1 N–H and O–H groups in total. The van der Waals surface area contributed by atoms with E-state index in [-0.39, 0.29) is 23.9 Å². The van der Waals surface area contributed by atoms with E-state index in [1.807, 2.05) is 4.90 Å². The molecule has 4 nitrogen and oxygen atoms in total. The predicted molar refractivity (Wildman–Crippen MR) is 65.2 cm³/mol. The van der Waals surface area contributed by atoms with Gasteiger partial charge in [0.25, 0.3) is 0 Å². The van der Waals surface area contributed by atoms with Crippen LogP contribution in [-0.2, 0) is 4.79 Å². The van der Waals surface area contributed by atoms with E-state index in [0.717, 1.165) is 19.4 Å². The summed E-state index contributed by atoms with van der Waals surface area (Å²) in [5, 5.41) is 12.1. The number of hydrogen-bond acceptors (Lipinski definition) is 3. The summed E-state index contributed by atoms with van der Waals surface area (Å²) in [5.74, 6) is 0.123. The lowest BCUT2D eigenvalue weighted by molar-refractivity contribution is -0.141. The van der Waals surface area contributed by atoms with Gasteiger partial charge in [0.15, 0.2) is 0 Å². The first-order valence-electron chi connectivity index (χ1n) is 6.48. The van der Waals surface area contributed by atoms with Crippen LogP contribution < -0.4 is 5.32 Å². The Labute approximate surface area is 103 Å². The highest BCUT2D eigenvalue weighted by molar-refractivity contribution is 5.83. The van der Waals surface area contributed by atoms with Crippen molar-refractivity contribution in [3.8, 4) is 6.07 Å². The molecule has 0 spiro atoms. The standard InChI is InChI=1S/C13H21N3O/c1-13(2)9-16(10-5-3-4-6-10)12(17)11(15-13)7-8-14/h10-11,15H,3-7,9H2,1-2H3. The Morgan fingerprint density at radius 3 is 2.71 bits per heavy atom. The smallest absolute Gasteiger partial charge is 0.241 e. The highest BCUT2D eigenvalue weighted by Gasteiger charge is 2.41. The Morgan fingerprint density at radius 1 is 1.47 bits per heavy atom. The van der Waals surface area contributed by atoms with Crippen LogP contribution in [0.5, 0.6) is 0 Å². The zero-order valence-corrected chi connectivity index (χ0v) is 10.7. The van der Waals surface area contributed by atoms with E-state index in [2.05, 4.69) is 25.2 Å². The average molecular weight is 235 g/mol. The van der Waals surface area contributed by atoms with E-state index >= 15 is 0 Å². The van der Waals surface area contributed by atoms with Gasteiger partial charge < -0.3 is 4.90 Å². The molecule has 1 aliphatic heterocycles. The van der Waals surface area contributed by atoms with Crippen LogP contribution in [-0.4, -0.2) is 35.0 Å². The molecule has 4 heteroatoms. The molecular formula is C13H21N3O. The van der Waals surface area contributed by atoms with Crippen LogP contribution in [0.3, 0.4) is 0 Å².